The first-order valence-corrected chi connectivity index (χ1v) is 7.70. The Kier molecular flexibility index (Phi) is 9.13. The summed E-state index contributed by atoms with van der Waals surface area (Å²) in [7, 11) is 0. The van der Waals surface area contributed by atoms with Gasteiger partial charge >= 0.3 is 5.97 Å². The molecule has 5 nitrogen and oxygen atoms in total. The summed E-state index contributed by atoms with van der Waals surface area (Å²) in [5.74, 6) is -0.573. The van der Waals surface area contributed by atoms with Crippen molar-refractivity contribution in [2.75, 3.05) is 12.0 Å². The lowest BCUT2D eigenvalue weighted by Crippen LogP contribution is -2.43. The second kappa shape index (κ2) is 9.41. The molecule has 0 bridgehead atoms. The van der Waals surface area contributed by atoms with E-state index in [1.165, 1.54) is 11.8 Å². The molecular formula is C11H19NO4S2. The second-order valence-corrected chi connectivity index (χ2v) is 5.99. The number of carbonyl (C=O) groups is 3. The molecule has 18 heavy (non-hydrogen) atoms. The van der Waals surface area contributed by atoms with Gasteiger partial charge in [0.05, 0.1) is 17.3 Å². The van der Waals surface area contributed by atoms with E-state index in [-0.39, 0.29) is 11.8 Å². The lowest BCUT2D eigenvalue weighted by Gasteiger charge is -2.24. The van der Waals surface area contributed by atoms with Gasteiger partial charge in [0, 0.05) is 11.8 Å². The molecule has 0 aliphatic carbocycles. The van der Waals surface area contributed by atoms with Crippen molar-refractivity contribution in [3.05, 3.63) is 0 Å². The first-order chi connectivity index (χ1) is 8.47. The standard InChI is InChI=1S/C11H19NO4S2/c1-7(4-13)9(6-17-3)10(12)11(15)16-18-8(2)5-14/h4-5,7-10H,6,12H2,1-3H3. The van der Waals surface area contributed by atoms with Crippen molar-refractivity contribution in [3.8, 4) is 0 Å². The van der Waals surface area contributed by atoms with Crippen LogP contribution < -0.4 is 5.73 Å². The highest BCUT2D eigenvalue weighted by Crippen LogP contribution is 2.20. The number of aldehydes is 2. The Morgan fingerprint density at radius 3 is 2.39 bits per heavy atom. The molecule has 0 aromatic carbocycles. The highest BCUT2D eigenvalue weighted by Gasteiger charge is 2.30. The fourth-order valence-corrected chi connectivity index (χ4v) is 2.55. The van der Waals surface area contributed by atoms with Crippen LogP contribution in [0, 0.1) is 11.8 Å². The number of thioether (sulfide) groups is 1. The van der Waals surface area contributed by atoms with E-state index in [1.54, 1.807) is 13.8 Å². The first kappa shape index (κ1) is 17.5. The van der Waals surface area contributed by atoms with Crippen molar-refractivity contribution in [2.45, 2.75) is 25.1 Å². The molecule has 0 radical (unpaired) electrons. The van der Waals surface area contributed by atoms with Crippen molar-refractivity contribution in [3.63, 3.8) is 0 Å². The summed E-state index contributed by atoms with van der Waals surface area (Å²) in [6, 6.07) is -0.857. The number of rotatable bonds is 9. The van der Waals surface area contributed by atoms with Gasteiger partial charge in [0.15, 0.2) is 0 Å². The Bertz CT molecular complexity index is 288. The Morgan fingerprint density at radius 1 is 1.33 bits per heavy atom. The smallest absolute Gasteiger partial charge is 0.335 e. The quantitative estimate of drug-likeness (QED) is 0.499. The van der Waals surface area contributed by atoms with Crippen LogP contribution in [-0.4, -0.2) is 41.8 Å². The van der Waals surface area contributed by atoms with Crippen LogP contribution in [-0.2, 0) is 18.6 Å². The third-order valence-electron chi connectivity index (χ3n) is 2.46. The monoisotopic (exact) mass is 293 g/mol. The molecule has 0 fully saturated rings. The van der Waals surface area contributed by atoms with Crippen LogP contribution in [0.15, 0.2) is 0 Å². The maximum absolute atomic E-state index is 11.7. The number of hydrogen-bond acceptors (Lipinski definition) is 7. The molecule has 0 rings (SSSR count). The molecule has 0 aliphatic heterocycles. The zero-order valence-corrected chi connectivity index (χ0v) is 12.3. The predicted octanol–water partition coefficient (Wildman–Crippen LogP) is 0.907. The lowest BCUT2D eigenvalue weighted by molar-refractivity contribution is -0.136. The van der Waals surface area contributed by atoms with Gasteiger partial charge in [-0.25, -0.2) is 4.79 Å². The van der Waals surface area contributed by atoms with E-state index in [0.29, 0.717) is 12.0 Å². The van der Waals surface area contributed by atoms with Crippen LogP contribution in [0.5, 0.6) is 0 Å². The van der Waals surface area contributed by atoms with E-state index in [9.17, 15) is 14.4 Å². The van der Waals surface area contributed by atoms with Gasteiger partial charge in [-0.3, -0.25) is 0 Å². The van der Waals surface area contributed by atoms with Crippen LogP contribution in [0.1, 0.15) is 13.8 Å². The van der Waals surface area contributed by atoms with Gasteiger partial charge in [-0.1, -0.05) is 6.92 Å². The Balaban J connectivity index is 4.45. The van der Waals surface area contributed by atoms with E-state index in [1.807, 2.05) is 6.26 Å². The van der Waals surface area contributed by atoms with E-state index in [2.05, 4.69) is 0 Å². The highest BCUT2D eigenvalue weighted by atomic mass is 32.2. The van der Waals surface area contributed by atoms with Crippen LogP contribution >= 0.6 is 23.8 Å². The minimum atomic E-state index is -0.857. The fourth-order valence-electron chi connectivity index (χ4n) is 1.25. The third-order valence-corrected chi connectivity index (χ3v) is 3.85. The van der Waals surface area contributed by atoms with E-state index in [4.69, 9.17) is 9.92 Å². The van der Waals surface area contributed by atoms with E-state index in [0.717, 1.165) is 18.3 Å². The summed E-state index contributed by atoms with van der Waals surface area (Å²) in [6.45, 7) is 3.34. The largest absolute Gasteiger partial charge is 0.389 e. The first-order valence-electron chi connectivity index (χ1n) is 5.50. The number of carbonyl (C=O) groups excluding carboxylic acids is 3. The Hall–Kier alpha value is -0.530. The van der Waals surface area contributed by atoms with Gasteiger partial charge < -0.3 is 19.5 Å². The summed E-state index contributed by atoms with van der Waals surface area (Å²) in [4.78, 5) is 32.9. The molecular weight excluding hydrogens is 274 g/mol. The van der Waals surface area contributed by atoms with E-state index >= 15 is 0 Å². The predicted molar refractivity (Wildman–Crippen MR) is 74.3 cm³/mol. The van der Waals surface area contributed by atoms with Gasteiger partial charge in [0.1, 0.15) is 18.6 Å². The van der Waals surface area contributed by atoms with Gasteiger partial charge in [-0.2, -0.15) is 11.8 Å². The third kappa shape index (κ3) is 5.88. The zero-order valence-electron chi connectivity index (χ0n) is 10.7. The topological polar surface area (TPSA) is 86.5 Å². The Labute approximate surface area is 116 Å². The molecule has 104 valence electrons. The minimum absolute atomic E-state index is 0.267. The molecule has 0 aliphatic rings. The zero-order chi connectivity index (χ0) is 14.1. The van der Waals surface area contributed by atoms with Crippen molar-refractivity contribution >= 4 is 42.3 Å². The van der Waals surface area contributed by atoms with Crippen molar-refractivity contribution < 1.29 is 18.6 Å². The number of hydrogen-bond donors (Lipinski definition) is 1. The summed E-state index contributed by atoms with van der Waals surface area (Å²) >= 11 is 2.29. The molecule has 0 spiro atoms. The molecule has 2 N–H and O–H groups in total. The van der Waals surface area contributed by atoms with Crippen molar-refractivity contribution in [2.24, 2.45) is 17.6 Å². The van der Waals surface area contributed by atoms with Crippen LogP contribution in [0.25, 0.3) is 0 Å². The SMILES string of the molecule is CSCC(C(C)C=O)C(N)C(=O)OSC(C)C=O. The van der Waals surface area contributed by atoms with Gasteiger partial charge in [-0.15, -0.1) is 0 Å². The van der Waals surface area contributed by atoms with Crippen LogP contribution in [0.3, 0.4) is 0 Å². The lowest BCUT2D eigenvalue weighted by atomic mass is 9.90. The molecule has 0 aromatic heterocycles. The maximum atomic E-state index is 11.7. The van der Waals surface area contributed by atoms with Crippen LogP contribution in [0.4, 0.5) is 0 Å². The normalized spacial score (nSPS) is 17.3. The summed E-state index contributed by atoms with van der Waals surface area (Å²) in [5.41, 5.74) is 5.80. The summed E-state index contributed by atoms with van der Waals surface area (Å²) in [6.07, 6.45) is 3.35. The van der Waals surface area contributed by atoms with Crippen molar-refractivity contribution in [1.82, 2.24) is 0 Å². The molecule has 0 saturated heterocycles. The maximum Gasteiger partial charge on any atom is 0.335 e. The molecule has 7 heteroatoms. The average Bonchev–Trinajstić information content (AvgIpc) is 2.39. The van der Waals surface area contributed by atoms with Gasteiger partial charge in [0.25, 0.3) is 0 Å². The Morgan fingerprint density at radius 2 is 1.94 bits per heavy atom. The number of nitrogens with two attached hydrogens (primary N) is 1. The highest BCUT2D eigenvalue weighted by molar-refractivity contribution is 7.98. The minimum Gasteiger partial charge on any atom is -0.389 e. The summed E-state index contributed by atoms with van der Waals surface area (Å²) < 4.78 is 4.87. The molecule has 0 aromatic rings. The van der Waals surface area contributed by atoms with E-state index < -0.39 is 17.3 Å². The van der Waals surface area contributed by atoms with Crippen molar-refractivity contribution in [1.29, 1.82) is 0 Å². The molecule has 0 amide bonds. The fraction of sp³-hybridized carbons (Fsp3) is 0.727. The van der Waals surface area contributed by atoms with Gasteiger partial charge in [-0.05, 0) is 18.9 Å². The van der Waals surface area contributed by atoms with Crippen LogP contribution in [0.2, 0.25) is 0 Å². The van der Waals surface area contributed by atoms with Gasteiger partial charge in [0.2, 0.25) is 0 Å². The molecule has 4 unspecified atom stereocenters. The summed E-state index contributed by atoms with van der Waals surface area (Å²) in [5, 5.41) is -0.427. The second-order valence-electron chi connectivity index (χ2n) is 3.98. The molecule has 0 heterocycles. The average molecular weight is 293 g/mol. The molecule has 4 atom stereocenters. The molecule has 0 saturated carbocycles.